The normalized spacial score (nSPS) is 10.5. The van der Waals surface area contributed by atoms with Gasteiger partial charge in [-0.25, -0.2) is 48.5 Å². The SMILES string of the molecule is [Fe+2].[Fe+2].c1cc[cH-]c1.c1cc[cH-]c1.c1ccc2c(c1)Cc1c-2ccc(CC[c-]2cccc2)c1CC[c-]1cccc1. The Morgan fingerprint density at radius 3 is 1.62 bits per heavy atom. The summed E-state index contributed by atoms with van der Waals surface area (Å²) < 4.78 is 0. The van der Waals surface area contributed by atoms with Crippen molar-refractivity contribution in [1.82, 2.24) is 0 Å². The maximum atomic E-state index is 2.39. The smallest absolute Gasteiger partial charge is 0.214 e. The first kappa shape index (κ1) is 30.4. The van der Waals surface area contributed by atoms with Crippen molar-refractivity contribution in [2.45, 2.75) is 32.1 Å². The molecule has 0 aliphatic heterocycles. The molecule has 1 aliphatic rings. The van der Waals surface area contributed by atoms with Crippen LogP contribution in [0.2, 0.25) is 0 Å². The van der Waals surface area contributed by atoms with Gasteiger partial charge < -0.3 is 0 Å². The van der Waals surface area contributed by atoms with Gasteiger partial charge in [0.2, 0.25) is 0 Å². The summed E-state index contributed by atoms with van der Waals surface area (Å²) >= 11 is 0. The number of hydrogen-bond acceptors (Lipinski definition) is 0. The summed E-state index contributed by atoms with van der Waals surface area (Å²) in [6.07, 6.45) is 5.61. The number of aryl methyl sites for hydroxylation is 3. The Labute approximate surface area is 255 Å². The minimum absolute atomic E-state index is 0. The van der Waals surface area contributed by atoms with Gasteiger partial charge in [-0.3, -0.25) is 0 Å². The minimum Gasteiger partial charge on any atom is -0.214 e. The van der Waals surface area contributed by atoms with Crippen molar-refractivity contribution >= 4 is 0 Å². The van der Waals surface area contributed by atoms with Gasteiger partial charge in [-0.05, 0) is 52.6 Å². The number of rotatable bonds is 6. The third-order valence-electron chi connectivity index (χ3n) is 7.12. The van der Waals surface area contributed by atoms with E-state index >= 15 is 0 Å². The van der Waals surface area contributed by atoms with Crippen molar-refractivity contribution in [3.8, 4) is 11.1 Å². The Bertz CT molecular complexity index is 1360. The van der Waals surface area contributed by atoms with E-state index in [1.165, 1.54) is 33.4 Å². The monoisotopic (exact) mass is 590 g/mol. The van der Waals surface area contributed by atoms with E-state index in [0.717, 1.165) is 32.1 Å². The van der Waals surface area contributed by atoms with Crippen LogP contribution >= 0.6 is 0 Å². The molecule has 0 spiro atoms. The van der Waals surface area contributed by atoms with E-state index in [-0.39, 0.29) is 34.1 Å². The van der Waals surface area contributed by atoms with Gasteiger partial charge in [-0.1, -0.05) is 49.2 Å². The van der Waals surface area contributed by atoms with Crippen LogP contribution in [0.4, 0.5) is 0 Å². The molecule has 0 nitrogen and oxygen atoms in total. The van der Waals surface area contributed by atoms with E-state index in [4.69, 9.17) is 0 Å². The third-order valence-corrected chi connectivity index (χ3v) is 7.12. The zero-order valence-electron chi connectivity index (χ0n) is 22.1. The van der Waals surface area contributed by atoms with Crippen LogP contribution in [0, 0.1) is 0 Å². The van der Waals surface area contributed by atoms with E-state index in [1.54, 1.807) is 11.1 Å². The van der Waals surface area contributed by atoms with Crippen LogP contribution in [0.15, 0.2) is 146 Å². The molecule has 0 heterocycles. The van der Waals surface area contributed by atoms with Crippen LogP contribution in [0.5, 0.6) is 0 Å². The van der Waals surface area contributed by atoms with Gasteiger partial charge in [0.1, 0.15) is 0 Å². The standard InChI is InChI=1S/C27H24.2C5H5.2Fe/c1-2-8-20(7-1)13-15-22-16-18-26-24-12-6-5-11-23(24)19-27(26)25(22)17-14-21-9-3-4-10-21;2*1-2-4-5-3-1;;/h1-12,16,18H,13-15,17,19H2;2*1-5H;;/q-2;2*-1;2*+2. The molecule has 198 valence electrons. The molecule has 0 radical (unpaired) electrons. The molecule has 6 aromatic carbocycles. The number of hydrogen-bond donors (Lipinski definition) is 0. The molecule has 0 atom stereocenters. The van der Waals surface area contributed by atoms with Crippen LogP contribution in [0.1, 0.15) is 33.4 Å². The van der Waals surface area contributed by atoms with Gasteiger partial charge >= 0.3 is 34.1 Å². The molecule has 0 amide bonds. The summed E-state index contributed by atoms with van der Waals surface area (Å²) in [5.74, 6) is 0. The molecule has 39 heavy (non-hydrogen) atoms. The van der Waals surface area contributed by atoms with Gasteiger partial charge in [0.05, 0.1) is 0 Å². The van der Waals surface area contributed by atoms with Gasteiger partial charge in [-0.15, -0.1) is 0 Å². The zero-order valence-corrected chi connectivity index (χ0v) is 24.3. The van der Waals surface area contributed by atoms with Crippen LogP contribution in [0.3, 0.4) is 0 Å². The van der Waals surface area contributed by atoms with Crippen LogP contribution in [0.25, 0.3) is 11.1 Å². The van der Waals surface area contributed by atoms with Crippen LogP contribution in [-0.2, 0) is 66.2 Å². The molecule has 0 saturated heterocycles. The average Bonchev–Trinajstić information content (AvgIpc) is 3.79. The van der Waals surface area contributed by atoms with E-state index in [1.807, 2.05) is 60.7 Å². The first-order valence-corrected chi connectivity index (χ1v) is 13.3. The van der Waals surface area contributed by atoms with Crippen molar-refractivity contribution in [3.05, 3.63) is 179 Å². The molecule has 2 heteroatoms. The van der Waals surface area contributed by atoms with Crippen molar-refractivity contribution in [2.24, 2.45) is 0 Å². The topological polar surface area (TPSA) is 0 Å². The molecule has 6 aromatic rings. The molecule has 0 saturated carbocycles. The molecule has 7 rings (SSSR count). The second-order valence-corrected chi connectivity index (χ2v) is 9.57. The molecule has 1 aliphatic carbocycles. The maximum Gasteiger partial charge on any atom is 2.00 e. The first-order chi connectivity index (χ1) is 18.4. The Hall–Kier alpha value is -3.12. The summed E-state index contributed by atoms with van der Waals surface area (Å²) in [7, 11) is 0. The number of fused-ring (bicyclic) bond motifs is 3. The first-order valence-electron chi connectivity index (χ1n) is 13.3. The van der Waals surface area contributed by atoms with Crippen molar-refractivity contribution in [1.29, 1.82) is 0 Å². The molecule has 0 aromatic heterocycles. The fraction of sp³-hybridized carbons (Fsp3) is 0.135. The Morgan fingerprint density at radius 2 is 1.08 bits per heavy atom. The largest absolute Gasteiger partial charge is 2.00 e. The Balaban J connectivity index is 0.000000295. The summed E-state index contributed by atoms with van der Waals surface area (Å²) in [5.41, 5.74) is 12.0. The van der Waals surface area contributed by atoms with E-state index in [0.29, 0.717) is 0 Å². The van der Waals surface area contributed by atoms with Crippen molar-refractivity contribution < 1.29 is 34.1 Å². The van der Waals surface area contributed by atoms with Crippen molar-refractivity contribution in [3.63, 3.8) is 0 Å². The van der Waals surface area contributed by atoms with E-state index < -0.39 is 0 Å². The second-order valence-electron chi connectivity index (χ2n) is 9.57. The van der Waals surface area contributed by atoms with Crippen molar-refractivity contribution in [2.75, 3.05) is 0 Å². The average molecular weight is 590 g/mol. The Morgan fingerprint density at radius 1 is 0.538 bits per heavy atom. The predicted octanol–water partition coefficient (Wildman–Crippen LogP) is 9.07. The van der Waals surface area contributed by atoms with Gasteiger partial charge in [0, 0.05) is 0 Å². The molecule has 0 fully saturated rings. The molecular weight excluding hydrogens is 556 g/mol. The fourth-order valence-electron chi connectivity index (χ4n) is 5.22. The summed E-state index contributed by atoms with van der Waals surface area (Å²) in [5, 5.41) is 0. The quantitative estimate of drug-likeness (QED) is 0.134. The van der Waals surface area contributed by atoms with Crippen LogP contribution < -0.4 is 0 Å². The van der Waals surface area contributed by atoms with Crippen LogP contribution in [-0.4, -0.2) is 0 Å². The molecule has 0 bridgehead atoms. The molecular formula is C37H34Fe2. The second kappa shape index (κ2) is 16.1. The Kier molecular flexibility index (Phi) is 12.6. The number of benzene rings is 2. The van der Waals surface area contributed by atoms with E-state index in [2.05, 4.69) is 84.9 Å². The van der Waals surface area contributed by atoms with Gasteiger partial charge in [-0.2, -0.15) is 71.8 Å². The third kappa shape index (κ3) is 8.43. The molecule has 0 N–H and O–H groups in total. The summed E-state index contributed by atoms with van der Waals surface area (Å²) in [4.78, 5) is 0. The van der Waals surface area contributed by atoms with Gasteiger partial charge in [0.25, 0.3) is 0 Å². The summed E-state index contributed by atoms with van der Waals surface area (Å²) in [6.45, 7) is 0. The molecule has 0 unspecified atom stereocenters. The predicted molar refractivity (Wildman–Crippen MR) is 158 cm³/mol. The summed E-state index contributed by atoms with van der Waals surface area (Å²) in [6, 6.07) is 51.3. The minimum atomic E-state index is 0. The zero-order chi connectivity index (χ0) is 25.1. The van der Waals surface area contributed by atoms with Gasteiger partial charge in [0.15, 0.2) is 0 Å². The fourth-order valence-corrected chi connectivity index (χ4v) is 5.22. The maximum absolute atomic E-state index is 2.39. The van der Waals surface area contributed by atoms with E-state index in [9.17, 15) is 0 Å².